The van der Waals surface area contributed by atoms with Gasteiger partial charge < -0.3 is 9.84 Å². The maximum atomic E-state index is 13.3. The lowest BCUT2D eigenvalue weighted by Gasteiger charge is -2.30. The molecule has 3 aromatic heterocycles. The molecule has 1 atom stereocenters. The van der Waals surface area contributed by atoms with E-state index in [0.717, 1.165) is 29.7 Å². The molecule has 4 heterocycles. The lowest BCUT2D eigenvalue weighted by atomic mass is 9.85. The summed E-state index contributed by atoms with van der Waals surface area (Å²) in [6.07, 6.45) is 7.95. The standard InChI is InChI=1S/C22H25N5O4S2/c28-21(24-12-15-4-2-8-23-11-15)17-7-3-9-27(13-17)33(29,30)19-10-18(14-32-19)20-25-22(31-26-20)16-5-1-6-16/h2,4,8,10-11,14,16-17H,1,3,5-7,9,12-13H2,(H,24,28)/t17-/m0/s1. The van der Waals surface area contributed by atoms with Gasteiger partial charge in [0, 0.05) is 48.9 Å². The number of amides is 1. The summed E-state index contributed by atoms with van der Waals surface area (Å²) >= 11 is 1.14. The monoisotopic (exact) mass is 487 g/mol. The third kappa shape index (κ3) is 4.71. The molecule has 1 saturated carbocycles. The molecule has 1 N–H and O–H groups in total. The van der Waals surface area contributed by atoms with Crippen LogP contribution in [-0.4, -0.2) is 46.8 Å². The summed E-state index contributed by atoms with van der Waals surface area (Å²) in [5, 5.41) is 8.68. The molecular formula is C22H25N5O4S2. The number of hydrogen-bond acceptors (Lipinski definition) is 8. The second-order valence-electron chi connectivity index (χ2n) is 8.52. The Kier molecular flexibility index (Phi) is 6.26. The number of rotatable bonds is 7. The molecule has 11 heteroatoms. The fourth-order valence-electron chi connectivity index (χ4n) is 4.08. The fraction of sp³-hybridized carbons (Fsp3) is 0.455. The number of pyridine rings is 1. The molecule has 174 valence electrons. The second kappa shape index (κ2) is 9.32. The predicted octanol–water partition coefficient (Wildman–Crippen LogP) is 3.18. The van der Waals surface area contributed by atoms with E-state index in [1.54, 1.807) is 23.8 Å². The smallest absolute Gasteiger partial charge is 0.252 e. The van der Waals surface area contributed by atoms with E-state index in [9.17, 15) is 13.2 Å². The van der Waals surface area contributed by atoms with Crippen molar-refractivity contribution in [3.05, 3.63) is 47.4 Å². The zero-order valence-corrected chi connectivity index (χ0v) is 19.6. The minimum absolute atomic E-state index is 0.138. The Morgan fingerprint density at radius 3 is 2.91 bits per heavy atom. The first-order valence-corrected chi connectivity index (χ1v) is 13.4. The van der Waals surface area contributed by atoms with E-state index in [2.05, 4.69) is 20.4 Å². The predicted molar refractivity (Wildman–Crippen MR) is 122 cm³/mol. The highest BCUT2D eigenvalue weighted by Crippen LogP contribution is 2.37. The van der Waals surface area contributed by atoms with E-state index in [-0.39, 0.29) is 22.6 Å². The molecule has 1 amide bonds. The molecule has 0 aromatic carbocycles. The Balaban J connectivity index is 1.24. The van der Waals surface area contributed by atoms with Crippen molar-refractivity contribution in [2.24, 2.45) is 5.92 Å². The molecule has 0 radical (unpaired) electrons. The number of carbonyl (C=O) groups is 1. The van der Waals surface area contributed by atoms with Crippen LogP contribution in [0.15, 0.2) is 44.7 Å². The summed E-state index contributed by atoms with van der Waals surface area (Å²) < 4.78 is 33.6. The average Bonchev–Trinajstić information content (AvgIpc) is 3.47. The largest absolute Gasteiger partial charge is 0.352 e. The van der Waals surface area contributed by atoms with Crippen LogP contribution in [0.5, 0.6) is 0 Å². The number of carbonyl (C=O) groups excluding carboxylic acids is 1. The van der Waals surface area contributed by atoms with Gasteiger partial charge in [0.25, 0.3) is 10.0 Å². The minimum atomic E-state index is -3.71. The van der Waals surface area contributed by atoms with Crippen molar-refractivity contribution < 1.29 is 17.7 Å². The van der Waals surface area contributed by atoms with Crippen LogP contribution in [0.4, 0.5) is 0 Å². The fourth-order valence-corrected chi connectivity index (χ4v) is 6.92. The summed E-state index contributed by atoms with van der Waals surface area (Å²) in [6.45, 7) is 0.941. The van der Waals surface area contributed by atoms with Gasteiger partial charge in [-0.25, -0.2) is 8.42 Å². The molecule has 33 heavy (non-hydrogen) atoms. The van der Waals surface area contributed by atoms with Gasteiger partial charge in [0.05, 0.1) is 5.92 Å². The minimum Gasteiger partial charge on any atom is -0.352 e. The maximum Gasteiger partial charge on any atom is 0.252 e. The number of aromatic nitrogens is 3. The van der Waals surface area contributed by atoms with Crippen molar-refractivity contribution in [3.63, 3.8) is 0 Å². The SMILES string of the molecule is O=C(NCc1cccnc1)[C@H]1CCCN(S(=O)(=O)c2cc(-c3noc(C4CCC4)n3)cs2)C1. The Morgan fingerprint density at radius 2 is 2.15 bits per heavy atom. The molecule has 1 saturated heterocycles. The zero-order chi connectivity index (χ0) is 22.8. The lowest BCUT2D eigenvalue weighted by molar-refractivity contribution is -0.126. The van der Waals surface area contributed by atoms with Crippen LogP contribution >= 0.6 is 11.3 Å². The number of piperidine rings is 1. The summed E-state index contributed by atoms with van der Waals surface area (Å²) in [5.41, 5.74) is 1.54. The lowest BCUT2D eigenvalue weighted by Crippen LogP contribution is -2.45. The quantitative estimate of drug-likeness (QED) is 0.544. The van der Waals surface area contributed by atoms with E-state index < -0.39 is 10.0 Å². The van der Waals surface area contributed by atoms with Crippen LogP contribution in [0.1, 0.15) is 49.5 Å². The van der Waals surface area contributed by atoms with E-state index in [1.807, 2.05) is 12.1 Å². The van der Waals surface area contributed by atoms with E-state index >= 15 is 0 Å². The molecule has 2 fully saturated rings. The molecule has 5 rings (SSSR count). The van der Waals surface area contributed by atoms with Gasteiger partial charge in [-0.15, -0.1) is 11.3 Å². The Morgan fingerprint density at radius 1 is 1.27 bits per heavy atom. The molecule has 1 aliphatic carbocycles. The van der Waals surface area contributed by atoms with E-state index in [1.165, 1.54) is 10.7 Å². The van der Waals surface area contributed by atoms with Crippen molar-refractivity contribution in [1.82, 2.24) is 24.7 Å². The van der Waals surface area contributed by atoms with Crippen LogP contribution in [-0.2, 0) is 21.4 Å². The summed E-state index contributed by atoms with van der Waals surface area (Å²) in [7, 11) is -3.71. The number of hydrogen-bond donors (Lipinski definition) is 1. The molecular weight excluding hydrogens is 462 g/mol. The first kappa shape index (κ1) is 22.2. The summed E-state index contributed by atoms with van der Waals surface area (Å²) in [4.78, 5) is 21.2. The number of nitrogens with one attached hydrogen (secondary N) is 1. The van der Waals surface area contributed by atoms with Crippen molar-refractivity contribution in [2.75, 3.05) is 13.1 Å². The highest BCUT2D eigenvalue weighted by molar-refractivity contribution is 7.91. The first-order valence-electron chi connectivity index (χ1n) is 11.1. The van der Waals surface area contributed by atoms with Crippen LogP contribution in [0, 0.1) is 5.92 Å². The van der Waals surface area contributed by atoms with Crippen molar-refractivity contribution in [1.29, 1.82) is 0 Å². The van der Waals surface area contributed by atoms with E-state index in [4.69, 9.17) is 4.52 Å². The topological polar surface area (TPSA) is 118 Å². The molecule has 3 aromatic rings. The molecule has 0 spiro atoms. The van der Waals surface area contributed by atoms with Gasteiger partial charge in [0.1, 0.15) is 4.21 Å². The first-order chi connectivity index (χ1) is 16.0. The average molecular weight is 488 g/mol. The molecule has 0 bridgehead atoms. The molecule has 2 aliphatic rings. The zero-order valence-electron chi connectivity index (χ0n) is 18.0. The highest BCUT2D eigenvalue weighted by Gasteiger charge is 2.34. The van der Waals surface area contributed by atoms with Gasteiger partial charge in [-0.1, -0.05) is 17.6 Å². The van der Waals surface area contributed by atoms with Gasteiger partial charge in [-0.3, -0.25) is 9.78 Å². The summed E-state index contributed by atoms with van der Waals surface area (Å²) in [5.74, 6) is 0.847. The normalized spacial score (nSPS) is 19.8. The van der Waals surface area contributed by atoms with Crippen LogP contribution in [0.3, 0.4) is 0 Å². The van der Waals surface area contributed by atoms with Crippen molar-refractivity contribution in [2.45, 2.75) is 48.8 Å². The third-order valence-corrected chi connectivity index (χ3v) is 9.55. The van der Waals surface area contributed by atoms with Gasteiger partial charge in [-0.2, -0.15) is 9.29 Å². The molecule has 0 unspecified atom stereocenters. The molecule has 9 nitrogen and oxygen atoms in total. The Labute approximate surface area is 196 Å². The Bertz CT molecular complexity index is 1220. The van der Waals surface area contributed by atoms with Gasteiger partial charge in [0.2, 0.25) is 17.6 Å². The summed E-state index contributed by atoms with van der Waals surface area (Å²) in [6, 6.07) is 5.30. The second-order valence-corrected chi connectivity index (χ2v) is 11.6. The van der Waals surface area contributed by atoms with Crippen LogP contribution in [0.2, 0.25) is 0 Å². The van der Waals surface area contributed by atoms with E-state index in [0.29, 0.717) is 49.1 Å². The maximum absolute atomic E-state index is 13.3. The molecule has 1 aliphatic heterocycles. The van der Waals surface area contributed by atoms with Gasteiger partial charge in [0.15, 0.2) is 0 Å². The number of nitrogens with zero attached hydrogens (tertiary/aromatic N) is 4. The van der Waals surface area contributed by atoms with Crippen molar-refractivity contribution >= 4 is 27.3 Å². The number of thiophene rings is 1. The van der Waals surface area contributed by atoms with Gasteiger partial charge in [-0.05, 0) is 43.4 Å². The van der Waals surface area contributed by atoms with Crippen LogP contribution in [0.25, 0.3) is 11.4 Å². The Hall–Kier alpha value is -2.63. The third-order valence-electron chi connectivity index (χ3n) is 6.27. The van der Waals surface area contributed by atoms with Gasteiger partial charge >= 0.3 is 0 Å². The highest BCUT2D eigenvalue weighted by atomic mass is 32.2. The number of sulfonamides is 1. The van der Waals surface area contributed by atoms with Crippen LogP contribution < -0.4 is 5.32 Å². The van der Waals surface area contributed by atoms with Crippen molar-refractivity contribution in [3.8, 4) is 11.4 Å².